The van der Waals surface area contributed by atoms with Gasteiger partial charge in [0.1, 0.15) is 17.9 Å². The standard InChI is InChI=1S/C24H16Cl2N2O3S/c25-17-6-4-5-16(11-17)14-31-21-10-9-15(13-20(21)26)12-19-22(29)27-24(32)28(23(19)30)18-7-2-1-3-8-18/h1-13H,14H2,(H,27,29,32)/b19-12-. The second-order valence-electron chi connectivity index (χ2n) is 6.90. The van der Waals surface area contributed by atoms with E-state index in [2.05, 4.69) is 5.32 Å². The first-order valence-corrected chi connectivity index (χ1v) is 10.7. The van der Waals surface area contributed by atoms with Gasteiger partial charge in [-0.2, -0.15) is 0 Å². The van der Waals surface area contributed by atoms with Gasteiger partial charge in [0.25, 0.3) is 11.8 Å². The van der Waals surface area contributed by atoms with Crippen molar-refractivity contribution in [2.24, 2.45) is 0 Å². The molecule has 1 aliphatic rings. The molecule has 1 saturated heterocycles. The molecule has 0 saturated carbocycles. The van der Waals surface area contributed by atoms with E-state index < -0.39 is 11.8 Å². The zero-order valence-corrected chi connectivity index (χ0v) is 18.9. The number of thiocarbonyl (C=S) groups is 1. The zero-order valence-electron chi connectivity index (χ0n) is 16.5. The van der Waals surface area contributed by atoms with Crippen LogP contribution in [-0.4, -0.2) is 16.9 Å². The van der Waals surface area contributed by atoms with Gasteiger partial charge in [-0.05, 0) is 65.8 Å². The van der Waals surface area contributed by atoms with E-state index in [0.717, 1.165) is 5.56 Å². The van der Waals surface area contributed by atoms with Crippen molar-refractivity contribution in [3.8, 4) is 5.75 Å². The Labute approximate surface area is 200 Å². The summed E-state index contributed by atoms with van der Waals surface area (Å²) >= 11 is 17.6. The van der Waals surface area contributed by atoms with Crippen molar-refractivity contribution in [1.82, 2.24) is 5.32 Å². The highest BCUT2D eigenvalue weighted by Gasteiger charge is 2.34. The summed E-state index contributed by atoms with van der Waals surface area (Å²) in [5.41, 5.74) is 1.99. The van der Waals surface area contributed by atoms with E-state index in [1.807, 2.05) is 24.3 Å². The number of rotatable bonds is 5. The monoisotopic (exact) mass is 482 g/mol. The fourth-order valence-corrected chi connectivity index (χ4v) is 3.88. The van der Waals surface area contributed by atoms with Crippen LogP contribution in [0.3, 0.4) is 0 Å². The molecule has 8 heteroatoms. The molecule has 2 amide bonds. The number of hydrogen-bond acceptors (Lipinski definition) is 4. The van der Waals surface area contributed by atoms with Gasteiger partial charge in [0.15, 0.2) is 5.11 Å². The number of amides is 2. The summed E-state index contributed by atoms with van der Waals surface area (Å²) in [6.07, 6.45) is 1.47. The molecule has 1 fully saturated rings. The summed E-state index contributed by atoms with van der Waals surface area (Å²) in [4.78, 5) is 26.8. The third kappa shape index (κ3) is 4.83. The topological polar surface area (TPSA) is 58.6 Å². The van der Waals surface area contributed by atoms with E-state index in [1.165, 1.54) is 11.0 Å². The third-order valence-corrected chi connectivity index (χ3v) is 5.48. The lowest BCUT2D eigenvalue weighted by molar-refractivity contribution is -0.122. The van der Waals surface area contributed by atoms with Crippen LogP contribution in [0.2, 0.25) is 10.0 Å². The van der Waals surface area contributed by atoms with E-state index >= 15 is 0 Å². The largest absolute Gasteiger partial charge is 0.487 e. The Morgan fingerprint density at radius 2 is 1.75 bits per heavy atom. The first-order chi connectivity index (χ1) is 15.4. The average molecular weight is 483 g/mol. The summed E-state index contributed by atoms with van der Waals surface area (Å²) in [5.74, 6) is -0.604. The lowest BCUT2D eigenvalue weighted by Gasteiger charge is -2.28. The Morgan fingerprint density at radius 1 is 0.969 bits per heavy atom. The van der Waals surface area contributed by atoms with Crippen LogP contribution in [0, 0.1) is 0 Å². The van der Waals surface area contributed by atoms with Crippen LogP contribution in [-0.2, 0) is 16.2 Å². The fourth-order valence-electron chi connectivity index (χ4n) is 3.15. The third-order valence-electron chi connectivity index (χ3n) is 4.67. The predicted molar refractivity (Wildman–Crippen MR) is 130 cm³/mol. The molecular weight excluding hydrogens is 467 g/mol. The predicted octanol–water partition coefficient (Wildman–Crippen LogP) is 5.40. The second kappa shape index (κ2) is 9.53. The molecule has 3 aromatic carbocycles. The minimum Gasteiger partial charge on any atom is -0.487 e. The molecule has 4 rings (SSSR count). The van der Waals surface area contributed by atoms with Crippen molar-refractivity contribution < 1.29 is 14.3 Å². The molecule has 0 radical (unpaired) electrons. The van der Waals surface area contributed by atoms with E-state index in [0.29, 0.717) is 33.7 Å². The first-order valence-electron chi connectivity index (χ1n) is 9.55. The number of ether oxygens (including phenoxy) is 1. The lowest BCUT2D eigenvalue weighted by Crippen LogP contribution is -2.54. The van der Waals surface area contributed by atoms with Gasteiger partial charge in [-0.25, -0.2) is 0 Å². The fraction of sp³-hybridized carbons (Fsp3) is 0.0417. The smallest absolute Gasteiger partial charge is 0.270 e. The highest BCUT2D eigenvalue weighted by Crippen LogP contribution is 2.28. The van der Waals surface area contributed by atoms with Crippen LogP contribution in [0.1, 0.15) is 11.1 Å². The maximum Gasteiger partial charge on any atom is 0.270 e. The van der Waals surface area contributed by atoms with Crippen LogP contribution in [0.15, 0.2) is 78.4 Å². The van der Waals surface area contributed by atoms with Crippen molar-refractivity contribution >= 4 is 64.1 Å². The van der Waals surface area contributed by atoms with Gasteiger partial charge in [0, 0.05) is 5.02 Å². The van der Waals surface area contributed by atoms with Crippen molar-refractivity contribution in [2.45, 2.75) is 6.61 Å². The molecule has 1 N–H and O–H groups in total. The van der Waals surface area contributed by atoms with Gasteiger partial charge in [-0.3, -0.25) is 19.8 Å². The minimum atomic E-state index is -0.565. The number of carbonyl (C=O) groups is 2. The molecule has 3 aromatic rings. The van der Waals surface area contributed by atoms with Crippen molar-refractivity contribution in [1.29, 1.82) is 0 Å². The molecule has 1 aliphatic heterocycles. The molecule has 0 unspecified atom stereocenters. The van der Waals surface area contributed by atoms with E-state index in [1.54, 1.807) is 48.5 Å². The van der Waals surface area contributed by atoms with Crippen molar-refractivity contribution in [3.05, 3.63) is 99.5 Å². The van der Waals surface area contributed by atoms with E-state index in [-0.39, 0.29) is 10.7 Å². The summed E-state index contributed by atoms with van der Waals surface area (Å²) < 4.78 is 5.77. The Bertz CT molecular complexity index is 1250. The van der Waals surface area contributed by atoms with Gasteiger partial charge in [0.05, 0.1) is 10.7 Å². The van der Waals surface area contributed by atoms with Crippen LogP contribution < -0.4 is 15.0 Å². The molecule has 32 heavy (non-hydrogen) atoms. The maximum absolute atomic E-state index is 13.0. The molecule has 0 atom stereocenters. The number of benzene rings is 3. The number of halogens is 2. The minimum absolute atomic E-state index is 0.0335. The first kappa shape index (κ1) is 22.0. The van der Waals surface area contributed by atoms with Gasteiger partial charge < -0.3 is 4.74 Å². The summed E-state index contributed by atoms with van der Waals surface area (Å²) in [6.45, 7) is 0.297. The van der Waals surface area contributed by atoms with Crippen LogP contribution >= 0.6 is 35.4 Å². The Balaban J connectivity index is 1.56. The lowest BCUT2D eigenvalue weighted by atomic mass is 10.1. The number of nitrogens with zero attached hydrogens (tertiary/aromatic N) is 1. The van der Waals surface area contributed by atoms with Crippen LogP contribution in [0.25, 0.3) is 6.08 Å². The van der Waals surface area contributed by atoms with Crippen LogP contribution in [0.4, 0.5) is 5.69 Å². The molecular formula is C24H16Cl2N2O3S. The molecule has 0 spiro atoms. The van der Waals surface area contributed by atoms with Crippen molar-refractivity contribution in [3.63, 3.8) is 0 Å². The summed E-state index contributed by atoms with van der Waals surface area (Å²) in [6, 6.07) is 21.2. The van der Waals surface area contributed by atoms with E-state index in [9.17, 15) is 9.59 Å². The normalized spacial score (nSPS) is 15.1. The summed E-state index contributed by atoms with van der Waals surface area (Å²) in [7, 11) is 0. The average Bonchev–Trinajstić information content (AvgIpc) is 2.77. The number of hydrogen-bond donors (Lipinski definition) is 1. The highest BCUT2D eigenvalue weighted by atomic mass is 35.5. The number of anilines is 1. The Hall–Kier alpha value is -3.19. The number of para-hydroxylation sites is 1. The highest BCUT2D eigenvalue weighted by molar-refractivity contribution is 7.80. The molecule has 0 bridgehead atoms. The molecule has 0 aromatic heterocycles. The zero-order chi connectivity index (χ0) is 22.7. The quantitative estimate of drug-likeness (QED) is 0.300. The van der Waals surface area contributed by atoms with Crippen molar-refractivity contribution in [2.75, 3.05) is 4.90 Å². The second-order valence-corrected chi connectivity index (χ2v) is 8.13. The van der Waals surface area contributed by atoms with Crippen LogP contribution in [0.5, 0.6) is 5.75 Å². The van der Waals surface area contributed by atoms with Gasteiger partial charge in [-0.1, -0.05) is 59.6 Å². The van der Waals surface area contributed by atoms with Gasteiger partial charge in [-0.15, -0.1) is 0 Å². The Morgan fingerprint density at radius 3 is 2.47 bits per heavy atom. The molecule has 160 valence electrons. The molecule has 5 nitrogen and oxygen atoms in total. The number of carbonyl (C=O) groups excluding carboxylic acids is 2. The Kier molecular flexibility index (Phi) is 6.55. The maximum atomic E-state index is 13.0. The number of nitrogens with one attached hydrogen (secondary N) is 1. The van der Waals surface area contributed by atoms with E-state index in [4.69, 9.17) is 40.2 Å². The van der Waals surface area contributed by atoms with Gasteiger partial charge >= 0.3 is 0 Å². The SMILES string of the molecule is O=C1NC(=S)N(c2ccccc2)C(=O)/C1=C\c1ccc(OCc2cccc(Cl)c2)c(Cl)c1. The van der Waals surface area contributed by atoms with Gasteiger partial charge in [0.2, 0.25) is 0 Å². The summed E-state index contributed by atoms with van der Waals surface area (Å²) in [5, 5.41) is 3.56. The molecule has 1 heterocycles. The molecule has 0 aliphatic carbocycles.